The van der Waals surface area contributed by atoms with Crippen LogP contribution in [0.3, 0.4) is 0 Å². The maximum absolute atomic E-state index is 12.5. The number of hydrogen-bond acceptors (Lipinski definition) is 8. The van der Waals surface area contributed by atoms with Crippen molar-refractivity contribution in [1.29, 1.82) is 0 Å². The van der Waals surface area contributed by atoms with E-state index in [0.29, 0.717) is 0 Å². The van der Waals surface area contributed by atoms with Crippen LogP contribution in [-0.2, 0) is 35.2 Å². The first-order valence-corrected chi connectivity index (χ1v) is 9.06. The van der Waals surface area contributed by atoms with E-state index in [1.807, 2.05) is 6.07 Å². The van der Waals surface area contributed by atoms with Crippen LogP contribution in [0.1, 0.15) is 18.9 Å². The highest BCUT2D eigenvalue weighted by Crippen LogP contribution is 2.04. The van der Waals surface area contributed by atoms with Gasteiger partial charge in [0, 0.05) is 6.08 Å². The van der Waals surface area contributed by atoms with Crippen molar-refractivity contribution < 1.29 is 38.5 Å². The van der Waals surface area contributed by atoms with Crippen molar-refractivity contribution in [2.75, 3.05) is 14.2 Å². The second kappa shape index (κ2) is 12.9. The van der Waals surface area contributed by atoms with Crippen molar-refractivity contribution >= 4 is 23.9 Å². The van der Waals surface area contributed by atoms with Gasteiger partial charge in [-0.2, -0.15) is 0 Å². The van der Waals surface area contributed by atoms with Crippen LogP contribution in [0.4, 0.5) is 4.79 Å². The fraction of sp³-hybridized carbons (Fsp3) is 0.400. The molecule has 30 heavy (non-hydrogen) atoms. The number of benzene rings is 1. The van der Waals surface area contributed by atoms with E-state index in [0.717, 1.165) is 18.7 Å². The number of methoxy groups -OCH3 is 2. The molecule has 1 aromatic carbocycles. The molecule has 0 fully saturated rings. The summed E-state index contributed by atoms with van der Waals surface area (Å²) >= 11 is 0. The standard InChI is InChI=1S/C20H26N2O8/c1-13(23)17(22-20(27)30-12-14-8-5-4-6-9-14)18(25)21-15(19(26)29-3)10-7-11-16(24)28-2/h4-9,11,13,15,17,23H,10,12H2,1-3H3,(H,21,25)(H,22,27)/b11-7+/t13-,15+,17+/m1/s1. The summed E-state index contributed by atoms with van der Waals surface area (Å²) in [6, 6.07) is 6.37. The van der Waals surface area contributed by atoms with Crippen LogP contribution in [0, 0.1) is 0 Å². The van der Waals surface area contributed by atoms with Gasteiger partial charge in [-0.15, -0.1) is 0 Å². The summed E-state index contributed by atoms with van der Waals surface area (Å²) in [5.41, 5.74) is 0.744. The first-order chi connectivity index (χ1) is 14.3. The van der Waals surface area contributed by atoms with Gasteiger partial charge in [0.2, 0.25) is 5.91 Å². The molecule has 1 rings (SSSR count). The van der Waals surface area contributed by atoms with E-state index in [4.69, 9.17) is 4.74 Å². The van der Waals surface area contributed by atoms with E-state index < -0.39 is 42.1 Å². The Morgan fingerprint density at radius 1 is 1.07 bits per heavy atom. The minimum Gasteiger partial charge on any atom is -0.467 e. The molecule has 164 valence electrons. The Balaban J connectivity index is 2.72. The van der Waals surface area contributed by atoms with Crippen molar-refractivity contribution in [1.82, 2.24) is 10.6 Å². The van der Waals surface area contributed by atoms with Crippen LogP contribution in [0.2, 0.25) is 0 Å². The molecular weight excluding hydrogens is 396 g/mol. The van der Waals surface area contributed by atoms with Gasteiger partial charge in [0.1, 0.15) is 18.7 Å². The van der Waals surface area contributed by atoms with Gasteiger partial charge < -0.3 is 30.0 Å². The summed E-state index contributed by atoms with van der Waals surface area (Å²) in [7, 11) is 2.33. The summed E-state index contributed by atoms with van der Waals surface area (Å²) in [6.45, 7) is 1.27. The van der Waals surface area contributed by atoms with Gasteiger partial charge in [-0.3, -0.25) is 4.79 Å². The topological polar surface area (TPSA) is 140 Å². The molecule has 0 unspecified atom stereocenters. The zero-order valence-electron chi connectivity index (χ0n) is 17.0. The largest absolute Gasteiger partial charge is 0.467 e. The molecule has 2 amide bonds. The number of carbonyl (C=O) groups excluding carboxylic acids is 4. The summed E-state index contributed by atoms with van der Waals surface area (Å²) in [5, 5.41) is 14.5. The fourth-order valence-corrected chi connectivity index (χ4v) is 2.28. The Kier molecular flexibility index (Phi) is 10.6. The number of nitrogens with one attached hydrogen (secondary N) is 2. The zero-order valence-corrected chi connectivity index (χ0v) is 17.0. The van der Waals surface area contributed by atoms with Gasteiger partial charge in [-0.1, -0.05) is 36.4 Å². The highest BCUT2D eigenvalue weighted by atomic mass is 16.5. The second-order valence-corrected chi connectivity index (χ2v) is 6.17. The van der Waals surface area contributed by atoms with Crippen LogP contribution < -0.4 is 10.6 Å². The number of ether oxygens (including phenoxy) is 3. The number of rotatable bonds is 10. The van der Waals surface area contributed by atoms with Gasteiger partial charge in [0.05, 0.1) is 20.3 Å². The maximum Gasteiger partial charge on any atom is 0.408 e. The molecular formula is C20H26N2O8. The first kappa shape index (κ1) is 24.6. The minimum absolute atomic E-state index is 0.0239. The van der Waals surface area contributed by atoms with Crippen LogP contribution in [-0.4, -0.2) is 61.5 Å². The molecule has 0 aliphatic rings. The monoisotopic (exact) mass is 422 g/mol. The Bertz CT molecular complexity index is 748. The normalized spacial score (nSPS) is 13.6. The third-order valence-electron chi connectivity index (χ3n) is 3.88. The average molecular weight is 422 g/mol. The van der Waals surface area contributed by atoms with Gasteiger partial charge in [-0.25, -0.2) is 14.4 Å². The number of alkyl carbamates (subject to hydrolysis) is 1. The summed E-state index contributed by atoms with van der Waals surface area (Å²) in [4.78, 5) is 47.6. The zero-order chi connectivity index (χ0) is 22.5. The van der Waals surface area contributed by atoms with E-state index in [1.165, 1.54) is 20.1 Å². The number of esters is 2. The van der Waals surface area contributed by atoms with Gasteiger partial charge in [0.15, 0.2) is 0 Å². The van der Waals surface area contributed by atoms with Crippen molar-refractivity contribution in [3.8, 4) is 0 Å². The van der Waals surface area contributed by atoms with Crippen LogP contribution in [0.15, 0.2) is 42.5 Å². The van der Waals surface area contributed by atoms with Crippen molar-refractivity contribution in [3.63, 3.8) is 0 Å². The molecule has 0 aliphatic heterocycles. The molecule has 3 atom stereocenters. The average Bonchev–Trinajstić information content (AvgIpc) is 2.74. The third-order valence-corrected chi connectivity index (χ3v) is 3.88. The number of aliphatic hydroxyl groups excluding tert-OH is 1. The SMILES string of the molecule is COC(=O)/C=C/C[C@H](NC(=O)[C@@H](NC(=O)OCc1ccccc1)[C@@H](C)O)C(=O)OC. The first-order valence-electron chi connectivity index (χ1n) is 9.06. The van der Waals surface area contributed by atoms with Crippen molar-refractivity contribution in [2.24, 2.45) is 0 Å². The van der Waals surface area contributed by atoms with Crippen LogP contribution in [0.5, 0.6) is 0 Å². The second-order valence-electron chi connectivity index (χ2n) is 6.17. The molecule has 10 nitrogen and oxygen atoms in total. The maximum atomic E-state index is 12.5. The van der Waals surface area contributed by atoms with Gasteiger partial charge in [-0.05, 0) is 18.9 Å². The van der Waals surface area contributed by atoms with Crippen LogP contribution in [0.25, 0.3) is 0 Å². The molecule has 0 spiro atoms. The Morgan fingerprint density at radius 2 is 1.73 bits per heavy atom. The summed E-state index contributed by atoms with van der Waals surface area (Å²) < 4.78 is 14.1. The molecule has 0 radical (unpaired) electrons. The Labute approximate surface area is 174 Å². The smallest absolute Gasteiger partial charge is 0.408 e. The summed E-state index contributed by atoms with van der Waals surface area (Å²) in [6.07, 6.45) is 0.150. The molecule has 0 saturated heterocycles. The highest BCUT2D eigenvalue weighted by Gasteiger charge is 2.30. The molecule has 0 bridgehead atoms. The molecule has 0 aliphatic carbocycles. The Morgan fingerprint density at radius 3 is 2.30 bits per heavy atom. The molecule has 0 saturated carbocycles. The predicted octanol–water partition coefficient (Wildman–Crippen LogP) is 0.439. The minimum atomic E-state index is -1.38. The van der Waals surface area contributed by atoms with E-state index in [1.54, 1.807) is 24.3 Å². The van der Waals surface area contributed by atoms with Crippen molar-refractivity contribution in [3.05, 3.63) is 48.0 Å². The Hall–Kier alpha value is -3.40. The van der Waals surface area contributed by atoms with E-state index >= 15 is 0 Å². The molecule has 3 N–H and O–H groups in total. The highest BCUT2D eigenvalue weighted by molar-refractivity contribution is 5.90. The third kappa shape index (κ3) is 8.74. The lowest BCUT2D eigenvalue weighted by Gasteiger charge is -2.23. The number of amides is 2. The quantitative estimate of drug-likeness (QED) is 0.280. The van der Waals surface area contributed by atoms with Gasteiger partial charge >= 0.3 is 18.0 Å². The number of hydrogen-bond donors (Lipinski definition) is 3. The van der Waals surface area contributed by atoms with E-state index in [9.17, 15) is 24.3 Å². The van der Waals surface area contributed by atoms with E-state index in [2.05, 4.69) is 20.1 Å². The van der Waals surface area contributed by atoms with E-state index in [-0.39, 0.29) is 13.0 Å². The number of carbonyl (C=O) groups is 4. The lowest BCUT2D eigenvalue weighted by molar-refractivity contribution is -0.145. The lowest BCUT2D eigenvalue weighted by Crippen LogP contribution is -2.55. The molecule has 0 aromatic heterocycles. The van der Waals surface area contributed by atoms with Crippen molar-refractivity contribution in [2.45, 2.75) is 38.1 Å². The summed E-state index contributed by atoms with van der Waals surface area (Å²) in [5.74, 6) is -2.23. The van der Waals surface area contributed by atoms with Gasteiger partial charge in [0.25, 0.3) is 0 Å². The lowest BCUT2D eigenvalue weighted by atomic mass is 10.1. The fourth-order valence-electron chi connectivity index (χ4n) is 2.28. The van der Waals surface area contributed by atoms with Crippen LogP contribution >= 0.6 is 0 Å². The predicted molar refractivity (Wildman–Crippen MR) is 105 cm³/mol. The molecule has 10 heteroatoms. The molecule has 1 aromatic rings. The number of aliphatic hydroxyl groups is 1. The molecule has 0 heterocycles.